The van der Waals surface area contributed by atoms with Crippen molar-refractivity contribution in [3.8, 4) is 22.8 Å². The number of halogens is 1. The summed E-state index contributed by atoms with van der Waals surface area (Å²) in [5, 5.41) is 0. The molecule has 0 spiro atoms. The Labute approximate surface area is 120 Å². The first-order chi connectivity index (χ1) is 9.06. The highest BCUT2D eigenvalue weighted by Gasteiger charge is 2.14. The van der Waals surface area contributed by atoms with Crippen molar-refractivity contribution in [2.45, 2.75) is 13.8 Å². The van der Waals surface area contributed by atoms with Gasteiger partial charge in [0.15, 0.2) is 4.73 Å². The van der Waals surface area contributed by atoms with Crippen LogP contribution in [0.3, 0.4) is 0 Å². The Bertz CT molecular complexity index is 594. The Hall–Kier alpha value is -1.62. The molecule has 19 heavy (non-hydrogen) atoms. The van der Waals surface area contributed by atoms with Crippen LogP contribution in [0.2, 0.25) is 0 Å². The number of benzene rings is 1. The fourth-order valence-electron chi connectivity index (χ4n) is 2.03. The first-order valence-corrected chi connectivity index (χ1v) is 6.59. The summed E-state index contributed by atoms with van der Waals surface area (Å²) in [7, 11) is 3.29. The molecular formula is C14H15BrN2O2. The van der Waals surface area contributed by atoms with Crippen LogP contribution in [0.1, 0.15) is 11.3 Å². The smallest absolute Gasteiger partial charge is 0.197 e. The summed E-state index contributed by atoms with van der Waals surface area (Å²) >= 11 is 3.32. The van der Waals surface area contributed by atoms with E-state index in [2.05, 4.69) is 25.9 Å². The van der Waals surface area contributed by atoms with Crippen molar-refractivity contribution in [1.82, 2.24) is 9.97 Å². The van der Waals surface area contributed by atoms with E-state index in [-0.39, 0.29) is 0 Å². The summed E-state index contributed by atoms with van der Waals surface area (Å²) in [6, 6.07) is 5.78. The Morgan fingerprint density at radius 1 is 1.05 bits per heavy atom. The second-order valence-corrected chi connectivity index (χ2v) is 4.85. The van der Waals surface area contributed by atoms with E-state index in [1.807, 2.05) is 32.0 Å². The summed E-state index contributed by atoms with van der Waals surface area (Å²) in [6.07, 6.45) is 0. The first-order valence-electron chi connectivity index (χ1n) is 5.80. The van der Waals surface area contributed by atoms with Gasteiger partial charge < -0.3 is 9.47 Å². The van der Waals surface area contributed by atoms with Crippen LogP contribution in [0.25, 0.3) is 11.3 Å². The van der Waals surface area contributed by atoms with Crippen molar-refractivity contribution in [3.63, 3.8) is 0 Å². The van der Waals surface area contributed by atoms with Gasteiger partial charge in [-0.25, -0.2) is 9.97 Å². The van der Waals surface area contributed by atoms with Gasteiger partial charge >= 0.3 is 0 Å². The molecule has 5 heteroatoms. The van der Waals surface area contributed by atoms with Gasteiger partial charge in [0.2, 0.25) is 0 Å². The van der Waals surface area contributed by atoms with Crippen LogP contribution < -0.4 is 9.47 Å². The van der Waals surface area contributed by atoms with Crippen molar-refractivity contribution in [1.29, 1.82) is 0 Å². The van der Waals surface area contributed by atoms with E-state index in [0.717, 1.165) is 34.0 Å². The largest absolute Gasteiger partial charge is 0.496 e. The maximum Gasteiger partial charge on any atom is 0.197 e. The van der Waals surface area contributed by atoms with Crippen molar-refractivity contribution >= 4 is 15.9 Å². The lowest BCUT2D eigenvalue weighted by Gasteiger charge is -2.14. The molecule has 0 atom stereocenters. The summed E-state index contributed by atoms with van der Waals surface area (Å²) < 4.78 is 11.4. The zero-order chi connectivity index (χ0) is 14.0. The molecule has 0 aliphatic carbocycles. The summed E-state index contributed by atoms with van der Waals surface area (Å²) in [4.78, 5) is 8.61. The van der Waals surface area contributed by atoms with E-state index >= 15 is 0 Å². The lowest BCUT2D eigenvalue weighted by atomic mass is 10.1. The molecule has 1 aromatic carbocycles. The van der Waals surface area contributed by atoms with Crippen LogP contribution in [0.15, 0.2) is 22.9 Å². The van der Waals surface area contributed by atoms with Gasteiger partial charge in [0.05, 0.1) is 19.9 Å². The van der Waals surface area contributed by atoms with Crippen LogP contribution in [-0.2, 0) is 0 Å². The van der Waals surface area contributed by atoms with E-state index in [4.69, 9.17) is 9.47 Å². The lowest BCUT2D eigenvalue weighted by molar-refractivity contribution is 0.390. The third-order valence-electron chi connectivity index (χ3n) is 2.88. The number of methoxy groups -OCH3 is 2. The van der Waals surface area contributed by atoms with Crippen LogP contribution >= 0.6 is 15.9 Å². The van der Waals surface area contributed by atoms with Gasteiger partial charge in [-0.2, -0.15) is 0 Å². The first kappa shape index (κ1) is 13.8. The zero-order valence-electron chi connectivity index (χ0n) is 11.3. The van der Waals surface area contributed by atoms with Crippen LogP contribution in [-0.4, -0.2) is 24.2 Å². The zero-order valence-corrected chi connectivity index (χ0v) is 12.9. The van der Waals surface area contributed by atoms with E-state index in [0.29, 0.717) is 4.73 Å². The van der Waals surface area contributed by atoms with Crippen LogP contribution in [0.4, 0.5) is 0 Å². The van der Waals surface area contributed by atoms with Gasteiger partial charge in [-0.1, -0.05) is 0 Å². The number of aryl methyl sites for hydroxylation is 1. The van der Waals surface area contributed by atoms with Crippen molar-refractivity contribution in [2.24, 2.45) is 0 Å². The van der Waals surface area contributed by atoms with Crippen molar-refractivity contribution in [3.05, 3.63) is 34.2 Å². The Kier molecular flexibility index (Phi) is 4.04. The topological polar surface area (TPSA) is 44.2 Å². The number of hydrogen-bond donors (Lipinski definition) is 0. The monoisotopic (exact) mass is 322 g/mol. The number of rotatable bonds is 3. The molecule has 0 saturated heterocycles. The SMILES string of the molecule is COc1ccc(-c2cc(C)nc(Br)n2)c(OC)c1C. The van der Waals surface area contributed by atoms with Gasteiger partial charge in [0, 0.05) is 16.8 Å². The molecule has 0 saturated carbocycles. The molecule has 0 bridgehead atoms. The summed E-state index contributed by atoms with van der Waals surface area (Å²) in [6.45, 7) is 3.89. The van der Waals surface area contributed by atoms with Gasteiger partial charge in [-0.05, 0) is 48.0 Å². The molecule has 4 nitrogen and oxygen atoms in total. The number of aromatic nitrogens is 2. The molecule has 1 heterocycles. The predicted molar refractivity (Wildman–Crippen MR) is 77.7 cm³/mol. The highest BCUT2D eigenvalue weighted by molar-refractivity contribution is 9.10. The number of ether oxygens (including phenoxy) is 2. The van der Waals surface area contributed by atoms with Crippen LogP contribution in [0, 0.1) is 13.8 Å². The van der Waals surface area contributed by atoms with E-state index in [1.165, 1.54) is 0 Å². The molecule has 2 rings (SSSR count). The second kappa shape index (κ2) is 5.57. The van der Waals surface area contributed by atoms with E-state index in [9.17, 15) is 0 Å². The minimum atomic E-state index is 0.568. The normalized spacial score (nSPS) is 10.4. The third-order valence-corrected chi connectivity index (χ3v) is 3.24. The van der Waals surface area contributed by atoms with E-state index in [1.54, 1.807) is 14.2 Å². The second-order valence-electron chi connectivity index (χ2n) is 4.14. The van der Waals surface area contributed by atoms with Crippen molar-refractivity contribution < 1.29 is 9.47 Å². The minimum Gasteiger partial charge on any atom is -0.496 e. The van der Waals surface area contributed by atoms with Crippen LogP contribution in [0.5, 0.6) is 11.5 Å². The molecular weight excluding hydrogens is 308 g/mol. The summed E-state index contributed by atoms with van der Waals surface area (Å²) in [5.41, 5.74) is 3.59. The molecule has 0 amide bonds. The number of nitrogens with zero attached hydrogens (tertiary/aromatic N) is 2. The Morgan fingerprint density at radius 2 is 1.79 bits per heavy atom. The Balaban J connectivity index is 2.65. The molecule has 0 radical (unpaired) electrons. The summed E-state index contributed by atoms with van der Waals surface area (Å²) in [5.74, 6) is 1.56. The van der Waals surface area contributed by atoms with Crippen molar-refractivity contribution in [2.75, 3.05) is 14.2 Å². The average molecular weight is 323 g/mol. The fourth-order valence-corrected chi connectivity index (χ4v) is 2.50. The highest BCUT2D eigenvalue weighted by atomic mass is 79.9. The minimum absolute atomic E-state index is 0.568. The quantitative estimate of drug-likeness (QED) is 0.811. The molecule has 1 aromatic heterocycles. The molecule has 2 aromatic rings. The highest BCUT2D eigenvalue weighted by Crippen LogP contribution is 2.37. The molecule has 0 N–H and O–H groups in total. The lowest BCUT2D eigenvalue weighted by Crippen LogP contribution is -1.97. The molecule has 0 unspecified atom stereocenters. The van der Waals surface area contributed by atoms with E-state index < -0.39 is 0 Å². The Morgan fingerprint density at radius 3 is 2.37 bits per heavy atom. The number of hydrogen-bond acceptors (Lipinski definition) is 4. The van der Waals surface area contributed by atoms with Gasteiger partial charge in [0.25, 0.3) is 0 Å². The van der Waals surface area contributed by atoms with Gasteiger partial charge in [-0.3, -0.25) is 0 Å². The molecule has 100 valence electrons. The molecule has 0 aliphatic heterocycles. The average Bonchev–Trinajstić information content (AvgIpc) is 2.37. The standard InChI is InChI=1S/C14H15BrN2O2/c1-8-7-11(17-14(15)16-8)10-5-6-12(18-3)9(2)13(10)19-4/h5-7H,1-4H3. The third kappa shape index (κ3) is 2.71. The molecule has 0 aliphatic rings. The molecule has 0 fully saturated rings. The van der Waals surface area contributed by atoms with Gasteiger partial charge in [-0.15, -0.1) is 0 Å². The maximum absolute atomic E-state index is 5.50. The fraction of sp³-hybridized carbons (Fsp3) is 0.286. The maximum atomic E-state index is 5.50. The van der Waals surface area contributed by atoms with Gasteiger partial charge in [0.1, 0.15) is 11.5 Å². The predicted octanol–water partition coefficient (Wildman–Crippen LogP) is 3.54.